The molecule has 0 radical (unpaired) electrons. The van der Waals surface area contributed by atoms with Gasteiger partial charge >= 0.3 is 6.18 Å². The number of thiocarbonyl (C=S) groups is 1. The SMILES string of the molecule is COCOc1cc(C(N)=S)cc(C(F)(F)F)c1. The van der Waals surface area contributed by atoms with Crippen molar-refractivity contribution in [3.63, 3.8) is 0 Å². The molecule has 3 nitrogen and oxygen atoms in total. The monoisotopic (exact) mass is 265 g/mol. The predicted molar refractivity (Wildman–Crippen MR) is 59.8 cm³/mol. The Morgan fingerprint density at radius 2 is 2.00 bits per heavy atom. The van der Waals surface area contributed by atoms with E-state index in [1.54, 1.807) is 0 Å². The topological polar surface area (TPSA) is 44.5 Å². The van der Waals surface area contributed by atoms with Gasteiger partial charge in [0, 0.05) is 12.7 Å². The van der Waals surface area contributed by atoms with E-state index in [1.165, 1.54) is 13.2 Å². The van der Waals surface area contributed by atoms with Gasteiger partial charge < -0.3 is 15.2 Å². The molecule has 0 aliphatic heterocycles. The number of benzene rings is 1. The molecule has 0 aliphatic carbocycles. The Morgan fingerprint density at radius 1 is 1.35 bits per heavy atom. The normalized spacial score (nSPS) is 11.3. The lowest BCUT2D eigenvalue weighted by Gasteiger charge is -2.12. The molecule has 0 amide bonds. The number of alkyl halides is 3. The Balaban J connectivity index is 3.14. The Bertz CT molecular complexity index is 421. The van der Waals surface area contributed by atoms with E-state index in [0.717, 1.165) is 12.1 Å². The highest BCUT2D eigenvalue weighted by molar-refractivity contribution is 7.80. The van der Waals surface area contributed by atoms with E-state index in [-0.39, 0.29) is 23.1 Å². The third-order valence-electron chi connectivity index (χ3n) is 1.86. The van der Waals surface area contributed by atoms with Crippen molar-refractivity contribution in [1.82, 2.24) is 0 Å². The van der Waals surface area contributed by atoms with Crippen LogP contribution in [0.4, 0.5) is 13.2 Å². The van der Waals surface area contributed by atoms with Crippen LogP contribution in [-0.2, 0) is 10.9 Å². The molecule has 2 N–H and O–H groups in total. The number of hydrogen-bond donors (Lipinski definition) is 1. The second kappa shape index (κ2) is 5.33. The Kier molecular flexibility index (Phi) is 4.30. The number of rotatable bonds is 4. The van der Waals surface area contributed by atoms with Crippen molar-refractivity contribution < 1.29 is 22.6 Å². The minimum absolute atomic E-state index is 0.00414. The summed E-state index contributed by atoms with van der Waals surface area (Å²) in [5, 5.41) is 0. The van der Waals surface area contributed by atoms with E-state index in [2.05, 4.69) is 17.0 Å². The number of halogens is 3. The molecule has 7 heteroatoms. The van der Waals surface area contributed by atoms with Crippen molar-refractivity contribution in [2.75, 3.05) is 13.9 Å². The number of methoxy groups -OCH3 is 1. The van der Waals surface area contributed by atoms with E-state index in [0.29, 0.717) is 0 Å². The van der Waals surface area contributed by atoms with Gasteiger partial charge in [-0.2, -0.15) is 13.2 Å². The second-order valence-corrected chi connectivity index (χ2v) is 3.60. The Labute approximate surface area is 101 Å². The van der Waals surface area contributed by atoms with Crippen LogP contribution in [0.25, 0.3) is 0 Å². The highest BCUT2D eigenvalue weighted by Crippen LogP contribution is 2.32. The van der Waals surface area contributed by atoms with Gasteiger partial charge in [0.15, 0.2) is 6.79 Å². The summed E-state index contributed by atoms with van der Waals surface area (Å²) in [4.78, 5) is -0.127. The van der Waals surface area contributed by atoms with Crippen LogP contribution in [0, 0.1) is 0 Å². The zero-order valence-electron chi connectivity index (χ0n) is 8.88. The van der Waals surface area contributed by atoms with Gasteiger partial charge in [0.05, 0.1) is 5.56 Å². The summed E-state index contributed by atoms with van der Waals surface area (Å²) >= 11 is 4.64. The molecule has 1 aromatic carbocycles. The number of nitrogens with two attached hydrogens (primary N) is 1. The van der Waals surface area contributed by atoms with Gasteiger partial charge in [0.2, 0.25) is 0 Å². The first kappa shape index (κ1) is 13.7. The molecular weight excluding hydrogens is 255 g/mol. The molecule has 0 saturated carbocycles. The standard InChI is InChI=1S/C10H10F3NO2S/c1-15-5-16-8-3-6(9(14)17)2-7(4-8)10(11,12)13/h2-4H,5H2,1H3,(H2,14,17). The maximum Gasteiger partial charge on any atom is 0.416 e. The second-order valence-electron chi connectivity index (χ2n) is 3.16. The summed E-state index contributed by atoms with van der Waals surface area (Å²) in [5.41, 5.74) is 4.53. The average molecular weight is 265 g/mol. The Morgan fingerprint density at radius 3 is 2.47 bits per heavy atom. The molecule has 0 fully saturated rings. The summed E-state index contributed by atoms with van der Waals surface area (Å²) in [7, 11) is 1.36. The quantitative estimate of drug-likeness (QED) is 0.670. The largest absolute Gasteiger partial charge is 0.468 e. The molecule has 94 valence electrons. The fourth-order valence-corrected chi connectivity index (χ4v) is 1.23. The van der Waals surface area contributed by atoms with Gasteiger partial charge in [-0.25, -0.2) is 0 Å². The molecule has 0 aliphatic rings. The van der Waals surface area contributed by atoms with E-state index >= 15 is 0 Å². The molecule has 0 spiro atoms. The molecule has 0 aromatic heterocycles. The summed E-state index contributed by atoms with van der Waals surface area (Å²) in [6.45, 7) is -0.155. The van der Waals surface area contributed by atoms with Crippen LogP contribution in [0.5, 0.6) is 5.75 Å². The lowest BCUT2D eigenvalue weighted by Crippen LogP contribution is -2.13. The van der Waals surface area contributed by atoms with Crippen molar-refractivity contribution in [2.24, 2.45) is 5.73 Å². The molecule has 0 unspecified atom stereocenters. The van der Waals surface area contributed by atoms with E-state index in [9.17, 15) is 13.2 Å². The summed E-state index contributed by atoms with van der Waals surface area (Å²) in [5.74, 6) is 0.00414. The maximum atomic E-state index is 12.6. The first-order valence-corrected chi connectivity index (χ1v) is 4.89. The zero-order valence-corrected chi connectivity index (χ0v) is 9.69. The van der Waals surface area contributed by atoms with Crippen molar-refractivity contribution in [1.29, 1.82) is 0 Å². The maximum absolute atomic E-state index is 12.6. The number of ether oxygens (including phenoxy) is 2. The average Bonchev–Trinajstić information content (AvgIpc) is 2.24. The first-order chi connectivity index (χ1) is 7.84. The minimum Gasteiger partial charge on any atom is -0.468 e. The molecule has 0 atom stereocenters. The number of hydrogen-bond acceptors (Lipinski definition) is 3. The van der Waals surface area contributed by atoms with Crippen LogP contribution in [-0.4, -0.2) is 18.9 Å². The molecule has 17 heavy (non-hydrogen) atoms. The van der Waals surface area contributed by atoms with Crippen LogP contribution >= 0.6 is 12.2 Å². The third-order valence-corrected chi connectivity index (χ3v) is 2.10. The van der Waals surface area contributed by atoms with E-state index in [1.807, 2.05) is 0 Å². The fourth-order valence-electron chi connectivity index (χ4n) is 1.12. The highest BCUT2D eigenvalue weighted by atomic mass is 32.1. The van der Waals surface area contributed by atoms with E-state index < -0.39 is 11.7 Å². The van der Waals surface area contributed by atoms with Crippen LogP contribution in [0.3, 0.4) is 0 Å². The lowest BCUT2D eigenvalue weighted by molar-refractivity contribution is -0.137. The molecule has 0 saturated heterocycles. The summed E-state index contributed by atoms with van der Waals surface area (Å²) in [6, 6.07) is 3.07. The van der Waals surface area contributed by atoms with Crippen molar-refractivity contribution in [2.45, 2.75) is 6.18 Å². The van der Waals surface area contributed by atoms with Crippen molar-refractivity contribution in [3.8, 4) is 5.75 Å². The smallest absolute Gasteiger partial charge is 0.416 e. The minimum atomic E-state index is -4.48. The molecule has 0 heterocycles. The predicted octanol–water partition coefficient (Wildman–Crippen LogP) is 2.32. The van der Waals surface area contributed by atoms with Crippen LogP contribution in [0.1, 0.15) is 11.1 Å². The first-order valence-electron chi connectivity index (χ1n) is 4.48. The summed E-state index contributed by atoms with van der Waals surface area (Å²) < 4.78 is 47.2. The van der Waals surface area contributed by atoms with E-state index in [4.69, 9.17) is 10.5 Å². The fraction of sp³-hybridized carbons (Fsp3) is 0.300. The van der Waals surface area contributed by atoms with Crippen molar-refractivity contribution >= 4 is 17.2 Å². The molecule has 1 rings (SSSR count). The zero-order chi connectivity index (χ0) is 13.1. The van der Waals surface area contributed by atoms with Gasteiger partial charge in [-0.3, -0.25) is 0 Å². The van der Waals surface area contributed by atoms with Gasteiger partial charge in [0.1, 0.15) is 10.7 Å². The van der Waals surface area contributed by atoms with Gasteiger partial charge in [0.25, 0.3) is 0 Å². The van der Waals surface area contributed by atoms with Crippen LogP contribution in [0.15, 0.2) is 18.2 Å². The van der Waals surface area contributed by atoms with Crippen LogP contribution < -0.4 is 10.5 Å². The molecular formula is C10H10F3NO2S. The summed E-state index contributed by atoms with van der Waals surface area (Å²) in [6.07, 6.45) is -4.48. The molecule has 0 bridgehead atoms. The lowest BCUT2D eigenvalue weighted by atomic mass is 10.1. The van der Waals surface area contributed by atoms with Crippen LogP contribution in [0.2, 0.25) is 0 Å². The third kappa shape index (κ3) is 3.86. The van der Waals surface area contributed by atoms with Gasteiger partial charge in [-0.05, 0) is 18.2 Å². The van der Waals surface area contributed by atoms with Crippen molar-refractivity contribution in [3.05, 3.63) is 29.3 Å². The highest BCUT2D eigenvalue weighted by Gasteiger charge is 2.31. The molecule has 1 aromatic rings. The van der Waals surface area contributed by atoms with Gasteiger partial charge in [-0.1, -0.05) is 12.2 Å². The van der Waals surface area contributed by atoms with Gasteiger partial charge in [-0.15, -0.1) is 0 Å². The Hall–Kier alpha value is -1.34.